The molecule has 0 unspecified atom stereocenters. The van der Waals surface area contributed by atoms with Crippen LogP contribution in [0.2, 0.25) is 0 Å². The minimum atomic E-state index is 0.671. The van der Waals surface area contributed by atoms with E-state index in [4.69, 9.17) is 0 Å². The summed E-state index contributed by atoms with van der Waals surface area (Å²) in [6.07, 6.45) is 1.25. The normalized spacial score (nSPS) is 15.0. The Hall–Kier alpha value is -0.0400. The summed E-state index contributed by atoms with van der Waals surface area (Å²) < 4.78 is 0. The number of hydrogen-bond acceptors (Lipinski definition) is 1. The quantitative estimate of drug-likeness (QED) is 0.606. The lowest BCUT2D eigenvalue weighted by molar-refractivity contribution is 0.120. The Balaban J connectivity index is 4.09. The van der Waals surface area contributed by atoms with Crippen LogP contribution in [0.4, 0.5) is 0 Å². The topological polar surface area (TPSA) is 3.24 Å². The van der Waals surface area contributed by atoms with Crippen molar-refractivity contribution in [1.82, 2.24) is 4.90 Å². The van der Waals surface area contributed by atoms with Gasteiger partial charge in [-0.1, -0.05) is 6.92 Å². The highest BCUT2D eigenvalue weighted by molar-refractivity contribution is 4.72. The smallest absolute Gasteiger partial charge is 0.00697 e. The van der Waals surface area contributed by atoms with E-state index in [2.05, 4.69) is 46.4 Å². The Morgan fingerprint density at radius 2 is 1.27 bits per heavy atom. The zero-order valence-electron chi connectivity index (χ0n) is 8.89. The van der Waals surface area contributed by atoms with Crippen molar-refractivity contribution in [3.05, 3.63) is 0 Å². The minimum absolute atomic E-state index is 0.671. The molecule has 1 heteroatoms. The largest absolute Gasteiger partial charge is 0.296 e. The van der Waals surface area contributed by atoms with Gasteiger partial charge in [0.05, 0.1) is 0 Å². The lowest BCUT2D eigenvalue weighted by Crippen LogP contribution is -2.43. The predicted molar refractivity (Wildman–Crippen MR) is 51.9 cm³/mol. The van der Waals surface area contributed by atoms with Gasteiger partial charge >= 0.3 is 0 Å². The second kappa shape index (κ2) is 4.76. The van der Waals surface area contributed by atoms with Crippen LogP contribution in [0.1, 0.15) is 48.0 Å². The van der Waals surface area contributed by atoms with Crippen molar-refractivity contribution in [1.29, 1.82) is 0 Å². The third-order valence-electron chi connectivity index (χ3n) is 2.29. The molecule has 0 spiro atoms. The molecular weight excluding hydrogens is 134 g/mol. The van der Waals surface area contributed by atoms with E-state index in [0.29, 0.717) is 12.1 Å². The summed E-state index contributed by atoms with van der Waals surface area (Å²) in [6, 6.07) is 2.06. The molecule has 0 rings (SSSR count). The third-order valence-corrected chi connectivity index (χ3v) is 2.29. The van der Waals surface area contributed by atoms with Crippen LogP contribution in [0.25, 0.3) is 0 Å². The number of nitrogens with zero attached hydrogens (tertiary/aromatic N) is 1. The predicted octanol–water partition coefficient (Wildman–Crippen LogP) is 2.90. The maximum Gasteiger partial charge on any atom is 0.00697 e. The van der Waals surface area contributed by atoms with Gasteiger partial charge in [0.1, 0.15) is 0 Å². The molecule has 0 saturated carbocycles. The molecule has 0 aromatic carbocycles. The summed E-state index contributed by atoms with van der Waals surface area (Å²) in [5.74, 6) is 0. The van der Waals surface area contributed by atoms with Gasteiger partial charge in [-0.15, -0.1) is 0 Å². The molecule has 0 aliphatic heterocycles. The molecule has 0 aliphatic carbocycles. The van der Waals surface area contributed by atoms with Crippen molar-refractivity contribution in [2.75, 3.05) is 0 Å². The van der Waals surface area contributed by atoms with E-state index in [1.165, 1.54) is 6.42 Å². The monoisotopic (exact) mass is 157 g/mol. The molecule has 68 valence electrons. The summed E-state index contributed by atoms with van der Waals surface area (Å²) in [5.41, 5.74) is 0. The van der Waals surface area contributed by atoms with Crippen LogP contribution in [0, 0.1) is 0 Å². The van der Waals surface area contributed by atoms with Crippen molar-refractivity contribution >= 4 is 0 Å². The molecule has 0 saturated heterocycles. The molecule has 0 N–H and O–H groups in total. The fourth-order valence-electron chi connectivity index (χ4n) is 1.83. The Kier molecular flexibility index (Phi) is 4.74. The lowest BCUT2D eigenvalue weighted by Gasteiger charge is -2.35. The maximum absolute atomic E-state index is 2.56. The Morgan fingerprint density at radius 3 is 1.36 bits per heavy atom. The minimum Gasteiger partial charge on any atom is -0.296 e. The summed E-state index contributed by atoms with van der Waals surface area (Å²) in [6.45, 7) is 13.6. The van der Waals surface area contributed by atoms with E-state index >= 15 is 0 Å². The standard InChI is InChI=1S/C10H23N/c1-7-10(6)11(8(2)3)9(4)5/h8-10H,7H2,1-6H3/t10-/m0/s1. The maximum atomic E-state index is 2.56. The van der Waals surface area contributed by atoms with Gasteiger partial charge in [0.2, 0.25) is 0 Å². The van der Waals surface area contributed by atoms with Crippen molar-refractivity contribution in [3.8, 4) is 0 Å². The average Bonchev–Trinajstić information content (AvgIpc) is 1.85. The average molecular weight is 157 g/mol. The summed E-state index contributed by atoms with van der Waals surface area (Å²) in [7, 11) is 0. The van der Waals surface area contributed by atoms with Crippen molar-refractivity contribution in [2.45, 2.75) is 66.1 Å². The van der Waals surface area contributed by atoms with Crippen LogP contribution >= 0.6 is 0 Å². The zero-order valence-corrected chi connectivity index (χ0v) is 8.89. The van der Waals surface area contributed by atoms with E-state index in [-0.39, 0.29) is 0 Å². The van der Waals surface area contributed by atoms with Crippen LogP contribution in [0.5, 0.6) is 0 Å². The van der Waals surface area contributed by atoms with Crippen LogP contribution in [0.15, 0.2) is 0 Å². The molecule has 0 aliphatic rings. The second-order valence-corrected chi connectivity index (χ2v) is 3.89. The molecule has 1 nitrogen and oxygen atoms in total. The third kappa shape index (κ3) is 3.24. The van der Waals surface area contributed by atoms with Crippen LogP contribution in [-0.2, 0) is 0 Å². The van der Waals surface area contributed by atoms with Gasteiger partial charge < -0.3 is 0 Å². The fraction of sp³-hybridized carbons (Fsp3) is 1.00. The first-order chi connectivity index (χ1) is 5.00. The van der Waals surface area contributed by atoms with E-state index in [9.17, 15) is 0 Å². The molecule has 0 heterocycles. The first-order valence-electron chi connectivity index (χ1n) is 4.78. The first kappa shape index (κ1) is 11.0. The highest BCUT2D eigenvalue weighted by atomic mass is 15.2. The molecule has 1 atom stereocenters. The highest BCUT2D eigenvalue weighted by Crippen LogP contribution is 2.12. The molecule has 0 radical (unpaired) electrons. The van der Waals surface area contributed by atoms with E-state index < -0.39 is 0 Å². The van der Waals surface area contributed by atoms with E-state index in [0.717, 1.165) is 6.04 Å². The van der Waals surface area contributed by atoms with Crippen molar-refractivity contribution < 1.29 is 0 Å². The van der Waals surface area contributed by atoms with Gasteiger partial charge in [0.25, 0.3) is 0 Å². The summed E-state index contributed by atoms with van der Waals surface area (Å²) >= 11 is 0. The van der Waals surface area contributed by atoms with Gasteiger partial charge in [-0.2, -0.15) is 0 Å². The van der Waals surface area contributed by atoms with Crippen LogP contribution in [-0.4, -0.2) is 23.0 Å². The molecule has 0 fully saturated rings. The number of hydrogen-bond donors (Lipinski definition) is 0. The number of rotatable bonds is 4. The fourth-order valence-corrected chi connectivity index (χ4v) is 1.83. The first-order valence-corrected chi connectivity index (χ1v) is 4.78. The van der Waals surface area contributed by atoms with Crippen molar-refractivity contribution in [2.24, 2.45) is 0 Å². The second-order valence-electron chi connectivity index (χ2n) is 3.89. The van der Waals surface area contributed by atoms with E-state index in [1.54, 1.807) is 0 Å². The van der Waals surface area contributed by atoms with Crippen LogP contribution in [0.3, 0.4) is 0 Å². The molecular formula is C10H23N. The summed E-state index contributed by atoms with van der Waals surface area (Å²) in [4.78, 5) is 2.56. The van der Waals surface area contributed by atoms with Gasteiger partial charge in [0, 0.05) is 18.1 Å². The zero-order chi connectivity index (χ0) is 9.02. The van der Waals surface area contributed by atoms with Gasteiger partial charge in [-0.05, 0) is 41.0 Å². The molecule has 0 aromatic heterocycles. The SMILES string of the molecule is CC[C@H](C)N(C(C)C)C(C)C. The van der Waals surface area contributed by atoms with Crippen LogP contribution < -0.4 is 0 Å². The molecule has 0 aromatic rings. The summed E-state index contributed by atoms with van der Waals surface area (Å²) in [5, 5.41) is 0. The van der Waals surface area contributed by atoms with Crippen molar-refractivity contribution in [3.63, 3.8) is 0 Å². The highest BCUT2D eigenvalue weighted by Gasteiger charge is 2.17. The van der Waals surface area contributed by atoms with E-state index in [1.807, 2.05) is 0 Å². The lowest BCUT2D eigenvalue weighted by atomic mass is 10.1. The van der Waals surface area contributed by atoms with Gasteiger partial charge in [-0.3, -0.25) is 4.90 Å². The molecule has 11 heavy (non-hydrogen) atoms. The Bertz CT molecular complexity index is 89.0. The van der Waals surface area contributed by atoms with Gasteiger partial charge in [-0.25, -0.2) is 0 Å². The Morgan fingerprint density at radius 1 is 0.909 bits per heavy atom. The van der Waals surface area contributed by atoms with Gasteiger partial charge in [0.15, 0.2) is 0 Å². The molecule has 0 amide bonds. The Labute approximate surface area is 71.8 Å². The molecule has 0 bridgehead atoms.